The van der Waals surface area contributed by atoms with Crippen LogP contribution in [0.4, 0.5) is 5.13 Å². The van der Waals surface area contributed by atoms with Gasteiger partial charge in [0.15, 0.2) is 0 Å². The van der Waals surface area contributed by atoms with Crippen molar-refractivity contribution in [2.24, 2.45) is 0 Å². The van der Waals surface area contributed by atoms with Crippen molar-refractivity contribution in [3.05, 3.63) is 38.4 Å². The highest BCUT2D eigenvalue weighted by molar-refractivity contribution is 14.1. The molecule has 20 heavy (non-hydrogen) atoms. The fourth-order valence-electron chi connectivity index (χ4n) is 1.85. The number of hydrogen-bond acceptors (Lipinski definition) is 4. The van der Waals surface area contributed by atoms with Gasteiger partial charge in [-0.25, -0.2) is 0 Å². The van der Waals surface area contributed by atoms with E-state index >= 15 is 0 Å². The topological polar surface area (TPSA) is 54.9 Å². The van der Waals surface area contributed by atoms with Crippen molar-refractivity contribution in [3.63, 3.8) is 0 Å². The Labute approximate surface area is 136 Å². The van der Waals surface area contributed by atoms with Crippen LogP contribution in [-0.2, 0) is 0 Å². The van der Waals surface area contributed by atoms with Gasteiger partial charge < -0.3 is 0 Å². The van der Waals surface area contributed by atoms with Crippen LogP contribution in [0.2, 0.25) is 0 Å². The average molecular weight is 401 g/mol. The molecule has 2 rings (SSSR count). The second-order valence-corrected chi connectivity index (χ2v) is 6.74. The lowest BCUT2D eigenvalue weighted by Crippen LogP contribution is -2.13. The van der Waals surface area contributed by atoms with Crippen LogP contribution < -0.4 is 5.32 Å². The van der Waals surface area contributed by atoms with E-state index in [0.717, 1.165) is 21.4 Å². The highest BCUT2D eigenvalue weighted by Gasteiger charge is 2.15. The third-order valence-corrected chi connectivity index (χ3v) is 4.93. The van der Waals surface area contributed by atoms with Crippen molar-refractivity contribution in [2.45, 2.75) is 32.6 Å². The number of hydrogen-bond donors (Lipinski definition) is 1. The van der Waals surface area contributed by atoms with Crippen LogP contribution in [0.1, 0.15) is 48.0 Å². The van der Waals surface area contributed by atoms with Crippen LogP contribution in [0.3, 0.4) is 0 Å². The minimum Gasteiger partial charge on any atom is -0.296 e. The molecule has 1 atom stereocenters. The van der Waals surface area contributed by atoms with E-state index in [1.807, 2.05) is 18.2 Å². The molecule has 4 nitrogen and oxygen atoms in total. The van der Waals surface area contributed by atoms with Gasteiger partial charge in [-0.2, -0.15) is 0 Å². The molecule has 1 amide bonds. The number of nitrogens with one attached hydrogen (secondary N) is 1. The van der Waals surface area contributed by atoms with E-state index in [1.165, 1.54) is 11.3 Å². The van der Waals surface area contributed by atoms with E-state index in [1.54, 1.807) is 6.07 Å². The molecule has 0 spiro atoms. The quantitative estimate of drug-likeness (QED) is 0.761. The molecular weight excluding hydrogens is 385 g/mol. The number of nitrogens with zero attached hydrogens (tertiary/aromatic N) is 2. The number of rotatable bonds is 5. The van der Waals surface area contributed by atoms with Crippen molar-refractivity contribution in [2.75, 3.05) is 5.32 Å². The SMILES string of the molecule is CCCC(C)c1nnc(NC(=O)c2ccccc2I)s1. The van der Waals surface area contributed by atoms with Crippen molar-refractivity contribution in [1.82, 2.24) is 10.2 Å². The first-order valence-electron chi connectivity index (χ1n) is 6.51. The van der Waals surface area contributed by atoms with Crippen molar-refractivity contribution in [1.29, 1.82) is 0 Å². The molecule has 6 heteroatoms. The molecule has 106 valence electrons. The normalized spacial score (nSPS) is 12.2. The lowest BCUT2D eigenvalue weighted by Gasteiger charge is -2.04. The Hall–Kier alpha value is -1.02. The summed E-state index contributed by atoms with van der Waals surface area (Å²) in [6.45, 7) is 4.29. The summed E-state index contributed by atoms with van der Waals surface area (Å²) in [6.07, 6.45) is 2.20. The highest BCUT2D eigenvalue weighted by atomic mass is 127. The molecule has 1 aromatic heterocycles. The molecule has 2 aromatic rings. The number of carbonyl (C=O) groups excluding carboxylic acids is 1. The van der Waals surface area contributed by atoms with Crippen LogP contribution in [0.5, 0.6) is 0 Å². The van der Waals surface area contributed by atoms with Crippen LogP contribution >= 0.6 is 33.9 Å². The van der Waals surface area contributed by atoms with Crippen molar-refractivity contribution in [3.8, 4) is 0 Å². The van der Waals surface area contributed by atoms with E-state index in [9.17, 15) is 4.79 Å². The maximum atomic E-state index is 12.2. The van der Waals surface area contributed by atoms with Gasteiger partial charge in [0.25, 0.3) is 5.91 Å². The Bertz CT molecular complexity index is 600. The molecule has 0 bridgehead atoms. The monoisotopic (exact) mass is 401 g/mol. The summed E-state index contributed by atoms with van der Waals surface area (Å²) in [6, 6.07) is 7.48. The molecule has 1 N–H and O–H groups in total. The Morgan fingerprint density at radius 2 is 2.15 bits per heavy atom. The standard InChI is InChI=1S/C14H16IN3OS/c1-3-6-9(2)13-17-18-14(20-13)16-12(19)10-7-4-5-8-11(10)15/h4-5,7-9H,3,6H2,1-2H3,(H,16,18,19). The predicted molar refractivity (Wildman–Crippen MR) is 90.3 cm³/mol. The maximum absolute atomic E-state index is 12.2. The molecule has 0 aliphatic rings. The van der Waals surface area contributed by atoms with E-state index in [4.69, 9.17) is 0 Å². The van der Waals surface area contributed by atoms with Gasteiger partial charge in [0, 0.05) is 9.49 Å². The second-order valence-electron chi connectivity index (χ2n) is 4.57. The molecule has 1 aromatic carbocycles. The Balaban J connectivity index is 2.07. The molecule has 0 saturated carbocycles. The molecule has 0 aliphatic carbocycles. The molecule has 1 unspecified atom stereocenters. The van der Waals surface area contributed by atoms with Crippen LogP contribution in [0.25, 0.3) is 0 Å². The van der Waals surface area contributed by atoms with Gasteiger partial charge in [-0.1, -0.05) is 43.7 Å². The zero-order chi connectivity index (χ0) is 14.5. The van der Waals surface area contributed by atoms with Gasteiger partial charge in [0.1, 0.15) is 5.01 Å². The summed E-state index contributed by atoms with van der Waals surface area (Å²) in [5.41, 5.74) is 0.659. The minimum atomic E-state index is -0.138. The Morgan fingerprint density at radius 1 is 1.40 bits per heavy atom. The number of anilines is 1. The smallest absolute Gasteiger partial charge is 0.258 e. The summed E-state index contributed by atoms with van der Waals surface area (Å²) in [7, 11) is 0. The molecule has 0 radical (unpaired) electrons. The van der Waals surface area contributed by atoms with Crippen LogP contribution in [0.15, 0.2) is 24.3 Å². The molecule has 1 heterocycles. The van der Waals surface area contributed by atoms with Crippen molar-refractivity contribution < 1.29 is 4.79 Å². The zero-order valence-corrected chi connectivity index (χ0v) is 14.4. The van der Waals surface area contributed by atoms with Gasteiger partial charge in [0.05, 0.1) is 5.56 Å². The van der Waals surface area contributed by atoms with E-state index in [-0.39, 0.29) is 5.91 Å². The summed E-state index contributed by atoms with van der Waals surface area (Å²) in [4.78, 5) is 12.2. The lowest BCUT2D eigenvalue weighted by atomic mass is 10.1. The van der Waals surface area contributed by atoms with Gasteiger partial charge in [-0.05, 0) is 41.1 Å². The molecule has 0 saturated heterocycles. The summed E-state index contributed by atoms with van der Waals surface area (Å²) < 4.78 is 0.923. The van der Waals surface area contributed by atoms with Gasteiger partial charge in [-0.3, -0.25) is 10.1 Å². The van der Waals surface area contributed by atoms with Gasteiger partial charge in [-0.15, -0.1) is 10.2 Å². The Morgan fingerprint density at radius 3 is 2.85 bits per heavy atom. The van der Waals surface area contributed by atoms with E-state index < -0.39 is 0 Å². The number of aromatic nitrogens is 2. The predicted octanol–water partition coefficient (Wildman–Crippen LogP) is 4.30. The Kier molecular flexibility index (Phi) is 5.47. The van der Waals surface area contributed by atoms with Crippen LogP contribution in [-0.4, -0.2) is 16.1 Å². The number of benzene rings is 1. The second kappa shape index (κ2) is 7.12. The van der Waals surface area contributed by atoms with E-state index in [2.05, 4.69) is 52.0 Å². The number of amides is 1. The summed E-state index contributed by atoms with van der Waals surface area (Å²) in [5.74, 6) is 0.251. The van der Waals surface area contributed by atoms with Crippen LogP contribution in [0, 0.1) is 3.57 Å². The first-order valence-corrected chi connectivity index (χ1v) is 8.40. The highest BCUT2D eigenvalue weighted by Crippen LogP contribution is 2.26. The summed E-state index contributed by atoms with van der Waals surface area (Å²) in [5, 5.41) is 12.6. The first-order chi connectivity index (χ1) is 9.61. The third kappa shape index (κ3) is 3.76. The van der Waals surface area contributed by atoms with Gasteiger partial charge in [0.2, 0.25) is 5.13 Å². The largest absolute Gasteiger partial charge is 0.296 e. The fourth-order valence-corrected chi connectivity index (χ4v) is 3.31. The number of carbonyl (C=O) groups is 1. The lowest BCUT2D eigenvalue weighted by molar-refractivity contribution is 0.102. The molecular formula is C14H16IN3OS. The van der Waals surface area contributed by atoms with Crippen molar-refractivity contribution >= 4 is 45.0 Å². The zero-order valence-electron chi connectivity index (χ0n) is 11.4. The average Bonchev–Trinajstić information content (AvgIpc) is 2.88. The number of halogens is 1. The molecule has 0 aliphatic heterocycles. The maximum Gasteiger partial charge on any atom is 0.258 e. The molecule has 0 fully saturated rings. The fraction of sp³-hybridized carbons (Fsp3) is 0.357. The van der Waals surface area contributed by atoms with Gasteiger partial charge >= 0.3 is 0 Å². The first kappa shape index (κ1) is 15.4. The third-order valence-electron chi connectivity index (χ3n) is 2.92. The minimum absolute atomic E-state index is 0.138. The van der Waals surface area contributed by atoms with E-state index in [0.29, 0.717) is 16.6 Å². The summed E-state index contributed by atoms with van der Waals surface area (Å²) >= 11 is 3.60.